The Kier molecular flexibility index (Phi) is 3.92. The average Bonchev–Trinajstić information content (AvgIpc) is 2.81. The summed E-state index contributed by atoms with van der Waals surface area (Å²) in [6.07, 6.45) is 5.40. The highest BCUT2D eigenvalue weighted by Gasteiger charge is 2.17. The second-order valence-corrected chi connectivity index (χ2v) is 4.24. The minimum absolute atomic E-state index is 0.01000. The van der Waals surface area contributed by atoms with Gasteiger partial charge in [0.2, 0.25) is 0 Å². The minimum Gasteiger partial charge on any atom is -0.337 e. The summed E-state index contributed by atoms with van der Waals surface area (Å²) in [4.78, 5) is 18.3. The highest BCUT2D eigenvalue weighted by Crippen LogP contribution is 2.07. The first kappa shape index (κ1) is 12.5. The molecular formula is C13H18N4O. The van der Waals surface area contributed by atoms with Crippen LogP contribution in [0.1, 0.15) is 37.2 Å². The molecule has 0 radical (unpaired) electrons. The van der Waals surface area contributed by atoms with Crippen molar-refractivity contribution >= 4 is 11.6 Å². The fraction of sp³-hybridized carbons (Fsp3) is 0.462. The third-order valence-corrected chi connectivity index (χ3v) is 2.73. The largest absolute Gasteiger partial charge is 0.337 e. The summed E-state index contributed by atoms with van der Waals surface area (Å²) in [6, 6.07) is 3.53. The van der Waals surface area contributed by atoms with E-state index in [1.165, 1.54) is 0 Å². The molecule has 0 unspecified atom stereocenters. The molecule has 0 fully saturated rings. The summed E-state index contributed by atoms with van der Waals surface area (Å²) in [5, 5.41) is 4.26. The van der Waals surface area contributed by atoms with E-state index in [9.17, 15) is 4.79 Å². The van der Waals surface area contributed by atoms with Gasteiger partial charge in [-0.25, -0.2) is 9.50 Å². The van der Waals surface area contributed by atoms with Crippen molar-refractivity contribution in [1.29, 1.82) is 0 Å². The van der Waals surface area contributed by atoms with Crippen molar-refractivity contribution < 1.29 is 4.79 Å². The first-order chi connectivity index (χ1) is 8.76. The van der Waals surface area contributed by atoms with Gasteiger partial charge in [-0.05, 0) is 18.9 Å². The van der Waals surface area contributed by atoms with Crippen molar-refractivity contribution in [3.63, 3.8) is 0 Å². The van der Waals surface area contributed by atoms with Crippen LogP contribution in [0.15, 0.2) is 24.5 Å². The topological polar surface area (TPSA) is 50.5 Å². The van der Waals surface area contributed by atoms with Crippen LogP contribution in [0.2, 0.25) is 0 Å². The van der Waals surface area contributed by atoms with Crippen LogP contribution in [0.25, 0.3) is 5.65 Å². The van der Waals surface area contributed by atoms with Gasteiger partial charge < -0.3 is 4.90 Å². The Morgan fingerprint density at radius 2 is 2.06 bits per heavy atom. The Hall–Kier alpha value is -1.91. The van der Waals surface area contributed by atoms with Gasteiger partial charge in [0, 0.05) is 31.5 Å². The van der Waals surface area contributed by atoms with Crippen LogP contribution in [-0.4, -0.2) is 38.5 Å². The number of fused-ring (bicyclic) bond motifs is 1. The molecule has 0 spiro atoms. The normalized spacial score (nSPS) is 10.8. The Labute approximate surface area is 106 Å². The lowest BCUT2D eigenvalue weighted by atomic mass is 10.3. The molecule has 96 valence electrons. The van der Waals surface area contributed by atoms with E-state index in [-0.39, 0.29) is 5.91 Å². The maximum atomic E-state index is 12.3. The van der Waals surface area contributed by atoms with Gasteiger partial charge in [-0.2, -0.15) is 5.10 Å². The van der Waals surface area contributed by atoms with Gasteiger partial charge in [-0.15, -0.1) is 0 Å². The van der Waals surface area contributed by atoms with E-state index in [2.05, 4.69) is 23.9 Å². The van der Waals surface area contributed by atoms with Crippen LogP contribution in [-0.2, 0) is 0 Å². The maximum absolute atomic E-state index is 12.3. The van der Waals surface area contributed by atoms with Crippen LogP contribution >= 0.6 is 0 Å². The number of aromatic nitrogens is 3. The van der Waals surface area contributed by atoms with E-state index in [4.69, 9.17) is 0 Å². The van der Waals surface area contributed by atoms with E-state index < -0.39 is 0 Å². The van der Waals surface area contributed by atoms with Crippen LogP contribution in [0.4, 0.5) is 0 Å². The van der Waals surface area contributed by atoms with Crippen molar-refractivity contribution in [1.82, 2.24) is 19.5 Å². The predicted octanol–water partition coefficient (Wildman–Crippen LogP) is 1.99. The predicted molar refractivity (Wildman–Crippen MR) is 69.5 cm³/mol. The van der Waals surface area contributed by atoms with Crippen LogP contribution in [0, 0.1) is 0 Å². The van der Waals surface area contributed by atoms with Gasteiger partial charge in [0.15, 0.2) is 11.3 Å². The third kappa shape index (κ3) is 2.50. The Morgan fingerprint density at radius 1 is 1.33 bits per heavy atom. The zero-order chi connectivity index (χ0) is 13.0. The summed E-state index contributed by atoms with van der Waals surface area (Å²) in [5.41, 5.74) is 1.17. The summed E-state index contributed by atoms with van der Waals surface area (Å²) >= 11 is 0. The monoisotopic (exact) mass is 246 g/mol. The molecule has 2 aromatic heterocycles. The van der Waals surface area contributed by atoms with E-state index in [1.54, 1.807) is 29.0 Å². The van der Waals surface area contributed by atoms with Gasteiger partial charge >= 0.3 is 0 Å². The number of hydrogen-bond acceptors (Lipinski definition) is 3. The Balaban J connectivity index is 2.25. The number of carbonyl (C=O) groups is 1. The zero-order valence-electron chi connectivity index (χ0n) is 10.8. The number of amides is 1. The van der Waals surface area contributed by atoms with Gasteiger partial charge in [-0.3, -0.25) is 4.79 Å². The standard InChI is InChI=1S/C13H18N4O/c1-3-7-16(8-4-2)13(18)11-10-12-14-6-5-9-17(12)15-11/h5-6,9-10H,3-4,7-8H2,1-2H3. The first-order valence-corrected chi connectivity index (χ1v) is 6.36. The molecule has 0 saturated carbocycles. The van der Waals surface area contributed by atoms with E-state index in [0.717, 1.165) is 25.9 Å². The second kappa shape index (κ2) is 5.62. The van der Waals surface area contributed by atoms with Crippen LogP contribution < -0.4 is 0 Å². The molecule has 2 rings (SSSR count). The third-order valence-electron chi connectivity index (χ3n) is 2.73. The molecule has 1 amide bonds. The minimum atomic E-state index is -0.01000. The van der Waals surface area contributed by atoms with E-state index >= 15 is 0 Å². The summed E-state index contributed by atoms with van der Waals surface area (Å²) < 4.78 is 1.63. The molecule has 0 atom stereocenters. The molecule has 0 N–H and O–H groups in total. The van der Waals surface area contributed by atoms with E-state index in [1.807, 2.05) is 4.90 Å². The number of hydrogen-bond donors (Lipinski definition) is 0. The highest BCUT2D eigenvalue weighted by atomic mass is 16.2. The highest BCUT2D eigenvalue weighted by molar-refractivity contribution is 5.93. The lowest BCUT2D eigenvalue weighted by Gasteiger charge is -2.19. The SMILES string of the molecule is CCCN(CCC)C(=O)c1cc2ncccn2n1. The molecule has 0 aliphatic heterocycles. The van der Waals surface area contributed by atoms with E-state index in [0.29, 0.717) is 11.3 Å². The Bertz CT molecular complexity index is 496. The van der Waals surface area contributed by atoms with Crippen molar-refractivity contribution in [3.05, 3.63) is 30.2 Å². The van der Waals surface area contributed by atoms with Crippen molar-refractivity contribution in [2.24, 2.45) is 0 Å². The zero-order valence-corrected chi connectivity index (χ0v) is 10.8. The molecular weight excluding hydrogens is 228 g/mol. The number of carbonyl (C=O) groups excluding carboxylic acids is 1. The van der Waals surface area contributed by atoms with Crippen molar-refractivity contribution in [3.8, 4) is 0 Å². The van der Waals surface area contributed by atoms with Gasteiger partial charge in [-0.1, -0.05) is 13.8 Å². The Morgan fingerprint density at radius 3 is 2.67 bits per heavy atom. The molecule has 0 bridgehead atoms. The lowest BCUT2D eigenvalue weighted by molar-refractivity contribution is 0.0749. The molecule has 0 aromatic carbocycles. The number of rotatable bonds is 5. The molecule has 2 aromatic rings. The average molecular weight is 246 g/mol. The quantitative estimate of drug-likeness (QED) is 0.810. The van der Waals surface area contributed by atoms with Crippen molar-refractivity contribution in [2.75, 3.05) is 13.1 Å². The lowest BCUT2D eigenvalue weighted by Crippen LogP contribution is -2.32. The molecule has 5 heteroatoms. The maximum Gasteiger partial charge on any atom is 0.274 e. The van der Waals surface area contributed by atoms with Crippen LogP contribution in [0.5, 0.6) is 0 Å². The molecule has 0 aliphatic rings. The number of nitrogens with zero attached hydrogens (tertiary/aromatic N) is 4. The summed E-state index contributed by atoms with van der Waals surface area (Å²) in [7, 11) is 0. The second-order valence-electron chi connectivity index (χ2n) is 4.24. The fourth-order valence-corrected chi connectivity index (χ4v) is 1.95. The van der Waals surface area contributed by atoms with Crippen molar-refractivity contribution in [2.45, 2.75) is 26.7 Å². The van der Waals surface area contributed by atoms with Gasteiger partial charge in [0.25, 0.3) is 5.91 Å². The first-order valence-electron chi connectivity index (χ1n) is 6.36. The van der Waals surface area contributed by atoms with Crippen LogP contribution in [0.3, 0.4) is 0 Å². The molecule has 18 heavy (non-hydrogen) atoms. The fourth-order valence-electron chi connectivity index (χ4n) is 1.95. The molecule has 0 aliphatic carbocycles. The summed E-state index contributed by atoms with van der Waals surface area (Å²) in [5.74, 6) is -0.01000. The summed E-state index contributed by atoms with van der Waals surface area (Å²) in [6.45, 7) is 5.68. The van der Waals surface area contributed by atoms with Gasteiger partial charge in [0.05, 0.1) is 0 Å². The molecule has 0 saturated heterocycles. The molecule has 2 heterocycles. The molecule has 5 nitrogen and oxygen atoms in total. The smallest absolute Gasteiger partial charge is 0.274 e. The van der Waals surface area contributed by atoms with Gasteiger partial charge in [0.1, 0.15) is 0 Å².